The highest BCUT2D eigenvalue weighted by molar-refractivity contribution is 7.13. The summed E-state index contributed by atoms with van der Waals surface area (Å²) in [5.74, 6) is 2.04. The lowest BCUT2D eigenvalue weighted by Crippen LogP contribution is -2.50. The van der Waals surface area contributed by atoms with E-state index < -0.39 is 0 Å². The van der Waals surface area contributed by atoms with Gasteiger partial charge in [0.25, 0.3) is 0 Å². The van der Waals surface area contributed by atoms with Crippen LogP contribution in [0.4, 0.5) is 16.6 Å². The van der Waals surface area contributed by atoms with Crippen molar-refractivity contribution in [1.82, 2.24) is 15.3 Å². The fourth-order valence-corrected chi connectivity index (χ4v) is 3.53. The zero-order valence-electron chi connectivity index (χ0n) is 17.3. The highest BCUT2D eigenvalue weighted by Gasteiger charge is 2.20. The number of carbonyl (C=O) groups excluding carboxylic acids is 1. The van der Waals surface area contributed by atoms with Crippen molar-refractivity contribution in [3.63, 3.8) is 0 Å². The van der Waals surface area contributed by atoms with E-state index in [-0.39, 0.29) is 18.9 Å². The largest absolute Gasteiger partial charge is 0.488 e. The van der Waals surface area contributed by atoms with Gasteiger partial charge in [0, 0.05) is 36.5 Å². The molecule has 166 valence electrons. The predicted molar refractivity (Wildman–Crippen MR) is 121 cm³/mol. The number of aromatic nitrogens is 3. The zero-order chi connectivity index (χ0) is 22.2. The van der Waals surface area contributed by atoms with Gasteiger partial charge in [-0.05, 0) is 12.1 Å². The molecule has 3 aromatic heterocycles. The van der Waals surface area contributed by atoms with E-state index in [1.807, 2.05) is 24.3 Å². The molecule has 0 aromatic carbocycles. The van der Waals surface area contributed by atoms with Crippen LogP contribution in [-0.2, 0) is 16.2 Å². The molecule has 4 N–H and O–H groups in total. The molecule has 0 amide bonds. The summed E-state index contributed by atoms with van der Waals surface area (Å²) in [6.45, 7) is 3.62. The van der Waals surface area contributed by atoms with E-state index >= 15 is 0 Å². The first kappa shape index (κ1) is 21.7. The average Bonchev–Trinajstić information content (AvgIpc) is 3.21. The quantitative estimate of drug-likeness (QED) is 0.130. The number of rotatable bonds is 11. The number of oxime groups is 1. The number of nitrogens with two attached hydrogens (primary N) is 1. The van der Waals surface area contributed by atoms with Gasteiger partial charge in [-0.1, -0.05) is 5.16 Å². The van der Waals surface area contributed by atoms with Crippen LogP contribution in [0.1, 0.15) is 5.69 Å². The van der Waals surface area contributed by atoms with Gasteiger partial charge in [-0.25, -0.2) is 14.5 Å². The third-order valence-corrected chi connectivity index (χ3v) is 5.41. The number of nitrogen functional groups attached to an aromatic ring is 1. The molecule has 1 aliphatic rings. The number of carbonyl (C=O) groups is 1. The highest BCUT2D eigenvalue weighted by atomic mass is 32.1. The standard InChI is InChI=1S/C21H23N7O3S/c22-21-26-19(14-32-21)18(13-29)27-31-8-7-30-17-1-2-20(24-11-17)25-16-3-5-28(6-4-16)12-15-9-23-10-15/h1-6,11,13-15,23H,7-10,12H2,(H2,22,26)/p+1/b27-18+. The van der Waals surface area contributed by atoms with Crippen LogP contribution < -0.4 is 25.7 Å². The van der Waals surface area contributed by atoms with Gasteiger partial charge in [0.05, 0.1) is 11.9 Å². The first-order chi connectivity index (χ1) is 15.7. The summed E-state index contributed by atoms with van der Waals surface area (Å²) in [6, 6.07) is 7.72. The van der Waals surface area contributed by atoms with E-state index in [1.54, 1.807) is 11.6 Å². The van der Waals surface area contributed by atoms with Gasteiger partial charge in [0.15, 0.2) is 42.7 Å². The normalized spacial score (nSPS) is 13.9. The summed E-state index contributed by atoms with van der Waals surface area (Å²) < 4.78 is 7.78. The third-order valence-electron chi connectivity index (χ3n) is 4.74. The molecule has 1 aliphatic heterocycles. The summed E-state index contributed by atoms with van der Waals surface area (Å²) >= 11 is 1.23. The van der Waals surface area contributed by atoms with E-state index in [4.69, 9.17) is 15.3 Å². The van der Waals surface area contributed by atoms with E-state index in [9.17, 15) is 4.79 Å². The van der Waals surface area contributed by atoms with Gasteiger partial charge in [-0.2, -0.15) is 0 Å². The van der Waals surface area contributed by atoms with Gasteiger partial charge >= 0.3 is 0 Å². The van der Waals surface area contributed by atoms with E-state index in [0.29, 0.717) is 22.9 Å². The van der Waals surface area contributed by atoms with Gasteiger partial charge in [0.2, 0.25) is 0 Å². The molecule has 0 spiro atoms. The van der Waals surface area contributed by atoms with Crippen LogP contribution >= 0.6 is 11.3 Å². The number of anilines is 3. The van der Waals surface area contributed by atoms with Crippen LogP contribution in [0, 0.1) is 5.92 Å². The number of hydrogen-bond acceptors (Lipinski definition) is 10. The molecular formula is C21H24N7O3S+. The number of ether oxygens (including phenoxy) is 1. The second-order valence-corrected chi connectivity index (χ2v) is 8.05. The molecule has 11 heteroatoms. The number of pyridine rings is 2. The van der Waals surface area contributed by atoms with Crippen molar-refractivity contribution in [3.8, 4) is 5.75 Å². The lowest BCUT2D eigenvalue weighted by Gasteiger charge is -2.23. The van der Waals surface area contributed by atoms with Gasteiger partial charge in [-0.3, -0.25) is 4.79 Å². The molecule has 0 bridgehead atoms. The maximum absolute atomic E-state index is 11.1. The molecule has 0 atom stereocenters. The minimum Gasteiger partial charge on any atom is -0.488 e. The molecule has 4 heterocycles. The molecule has 1 saturated heterocycles. The first-order valence-corrected chi connectivity index (χ1v) is 11.0. The SMILES string of the molecule is Nc1nc(/C(C=O)=N/OCCOc2ccc(Nc3cc[n+](CC4CNC4)cc3)nc2)cs1. The molecule has 3 aromatic rings. The third kappa shape index (κ3) is 5.99. The Bertz CT molecular complexity index is 1050. The minimum atomic E-state index is 0.0847. The lowest BCUT2D eigenvalue weighted by molar-refractivity contribution is -0.703. The molecule has 0 saturated carbocycles. The maximum atomic E-state index is 11.1. The van der Waals surface area contributed by atoms with Crippen molar-refractivity contribution in [2.45, 2.75) is 6.54 Å². The Hall–Kier alpha value is -3.57. The van der Waals surface area contributed by atoms with Crippen molar-refractivity contribution < 1.29 is 18.9 Å². The Morgan fingerprint density at radius 3 is 2.78 bits per heavy atom. The minimum absolute atomic E-state index is 0.0847. The van der Waals surface area contributed by atoms with Crippen molar-refractivity contribution in [1.29, 1.82) is 0 Å². The zero-order valence-corrected chi connectivity index (χ0v) is 18.1. The van der Waals surface area contributed by atoms with Gasteiger partial charge < -0.3 is 25.9 Å². The fourth-order valence-electron chi connectivity index (χ4n) is 2.97. The molecule has 32 heavy (non-hydrogen) atoms. The number of nitrogens with zero attached hydrogens (tertiary/aromatic N) is 4. The van der Waals surface area contributed by atoms with Crippen LogP contribution in [0.25, 0.3) is 0 Å². The molecule has 1 fully saturated rings. The van der Waals surface area contributed by atoms with Gasteiger partial charge in [0.1, 0.15) is 23.9 Å². The van der Waals surface area contributed by atoms with E-state index in [0.717, 1.165) is 37.1 Å². The van der Waals surface area contributed by atoms with Crippen LogP contribution in [0.3, 0.4) is 0 Å². The summed E-state index contributed by atoms with van der Waals surface area (Å²) in [5, 5.41) is 12.3. The molecule has 10 nitrogen and oxygen atoms in total. The van der Waals surface area contributed by atoms with Crippen LogP contribution in [0.5, 0.6) is 5.75 Å². The fraction of sp³-hybridized carbons (Fsp3) is 0.286. The van der Waals surface area contributed by atoms with Crippen LogP contribution in [0.15, 0.2) is 53.4 Å². The maximum Gasteiger partial charge on any atom is 0.180 e. The van der Waals surface area contributed by atoms with E-state index in [2.05, 4.69) is 42.7 Å². The second-order valence-electron chi connectivity index (χ2n) is 7.16. The Kier molecular flexibility index (Phi) is 7.20. The lowest BCUT2D eigenvalue weighted by atomic mass is 10.0. The molecule has 0 radical (unpaired) electrons. The summed E-state index contributed by atoms with van der Waals surface area (Å²) in [6.07, 6.45) is 6.34. The number of hydrogen-bond donors (Lipinski definition) is 3. The van der Waals surface area contributed by atoms with Crippen LogP contribution in [0.2, 0.25) is 0 Å². The topological polar surface area (TPSA) is 128 Å². The van der Waals surface area contributed by atoms with Crippen molar-refractivity contribution in [2.75, 3.05) is 37.4 Å². The highest BCUT2D eigenvalue weighted by Crippen LogP contribution is 2.16. The second kappa shape index (κ2) is 10.6. The number of nitrogens with one attached hydrogen (secondary N) is 2. The molecular weight excluding hydrogens is 430 g/mol. The molecule has 4 rings (SSSR count). The Morgan fingerprint density at radius 2 is 2.16 bits per heavy atom. The molecule has 0 unspecified atom stereocenters. The average molecular weight is 455 g/mol. The Labute approximate surface area is 189 Å². The first-order valence-electron chi connectivity index (χ1n) is 10.1. The Balaban J connectivity index is 1.20. The molecule has 0 aliphatic carbocycles. The summed E-state index contributed by atoms with van der Waals surface area (Å²) in [7, 11) is 0. The predicted octanol–water partition coefficient (Wildman–Crippen LogP) is 1.37. The summed E-state index contributed by atoms with van der Waals surface area (Å²) in [4.78, 5) is 24.6. The van der Waals surface area contributed by atoms with Crippen molar-refractivity contribution in [2.24, 2.45) is 11.1 Å². The van der Waals surface area contributed by atoms with Crippen LogP contribution in [-0.4, -0.2) is 48.3 Å². The monoisotopic (exact) mass is 454 g/mol. The number of aldehydes is 1. The van der Waals surface area contributed by atoms with Crippen molar-refractivity contribution in [3.05, 3.63) is 53.9 Å². The van der Waals surface area contributed by atoms with E-state index in [1.165, 1.54) is 11.3 Å². The number of thiazole rings is 1. The summed E-state index contributed by atoms with van der Waals surface area (Å²) in [5.41, 5.74) is 7.00. The van der Waals surface area contributed by atoms with Crippen molar-refractivity contribution >= 4 is 40.0 Å². The van der Waals surface area contributed by atoms with Gasteiger partial charge in [-0.15, -0.1) is 11.3 Å². The smallest absolute Gasteiger partial charge is 0.180 e. The Morgan fingerprint density at radius 1 is 1.31 bits per heavy atom.